The van der Waals surface area contributed by atoms with Gasteiger partial charge in [-0.15, -0.1) is 0 Å². The summed E-state index contributed by atoms with van der Waals surface area (Å²) in [6, 6.07) is 8.26. The molecule has 2 heteroatoms. The monoisotopic (exact) mass is 204 g/mol. The molecular weight excluding hydrogens is 188 g/mol. The summed E-state index contributed by atoms with van der Waals surface area (Å²) in [4.78, 5) is 11.5. The SMILES string of the molecule is CCOC(=O)[C@@H]1C[C@H]1c1ccccc1C. The molecule has 1 aliphatic rings. The molecule has 0 spiro atoms. The molecule has 2 rings (SSSR count). The van der Waals surface area contributed by atoms with E-state index in [0.717, 1.165) is 6.42 Å². The van der Waals surface area contributed by atoms with Crippen LogP contribution in [0.2, 0.25) is 0 Å². The molecule has 0 bridgehead atoms. The largest absolute Gasteiger partial charge is 0.466 e. The van der Waals surface area contributed by atoms with Crippen LogP contribution in [0.25, 0.3) is 0 Å². The lowest BCUT2D eigenvalue weighted by molar-refractivity contribution is -0.144. The number of rotatable bonds is 3. The normalized spacial score (nSPS) is 23.6. The van der Waals surface area contributed by atoms with Crippen LogP contribution in [0, 0.1) is 12.8 Å². The van der Waals surface area contributed by atoms with Gasteiger partial charge in [0, 0.05) is 0 Å². The van der Waals surface area contributed by atoms with E-state index in [1.54, 1.807) is 0 Å². The van der Waals surface area contributed by atoms with E-state index in [-0.39, 0.29) is 11.9 Å². The predicted octanol–water partition coefficient (Wildman–Crippen LogP) is 2.66. The topological polar surface area (TPSA) is 26.3 Å². The first-order chi connectivity index (χ1) is 7.24. The number of aryl methyl sites for hydroxylation is 1. The van der Waals surface area contributed by atoms with Crippen LogP contribution in [-0.4, -0.2) is 12.6 Å². The first kappa shape index (κ1) is 10.2. The molecule has 1 aromatic carbocycles. The second kappa shape index (κ2) is 4.05. The van der Waals surface area contributed by atoms with E-state index in [1.807, 2.05) is 19.1 Å². The van der Waals surface area contributed by atoms with Gasteiger partial charge in [-0.3, -0.25) is 4.79 Å². The van der Waals surface area contributed by atoms with Gasteiger partial charge in [-0.1, -0.05) is 24.3 Å². The zero-order valence-corrected chi connectivity index (χ0v) is 9.19. The van der Waals surface area contributed by atoms with E-state index in [2.05, 4.69) is 19.1 Å². The zero-order valence-electron chi connectivity index (χ0n) is 9.19. The molecule has 0 saturated heterocycles. The summed E-state index contributed by atoms with van der Waals surface area (Å²) in [5.41, 5.74) is 2.57. The average Bonchev–Trinajstić information content (AvgIpc) is 2.98. The Morgan fingerprint density at radius 2 is 2.20 bits per heavy atom. The Labute approximate surface area is 90.3 Å². The summed E-state index contributed by atoms with van der Waals surface area (Å²) in [6.07, 6.45) is 0.948. The highest BCUT2D eigenvalue weighted by Gasteiger charge is 2.45. The lowest BCUT2D eigenvalue weighted by Crippen LogP contribution is -2.07. The van der Waals surface area contributed by atoms with Gasteiger partial charge in [0.05, 0.1) is 12.5 Å². The maximum absolute atomic E-state index is 11.5. The summed E-state index contributed by atoms with van der Waals surface area (Å²) in [6.45, 7) is 4.43. The summed E-state index contributed by atoms with van der Waals surface area (Å²) in [5, 5.41) is 0. The maximum Gasteiger partial charge on any atom is 0.309 e. The number of hydrogen-bond donors (Lipinski definition) is 0. The van der Waals surface area contributed by atoms with Crippen molar-refractivity contribution in [1.82, 2.24) is 0 Å². The van der Waals surface area contributed by atoms with Crippen molar-refractivity contribution < 1.29 is 9.53 Å². The first-order valence-corrected chi connectivity index (χ1v) is 5.46. The quantitative estimate of drug-likeness (QED) is 0.707. The van der Waals surface area contributed by atoms with Gasteiger partial charge in [0.1, 0.15) is 0 Å². The molecule has 1 aliphatic carbocycles. The number of esters is 1. The van der Waals surface area contributed by atoms with Gasteiger partial charge in [0.25, 0.3) is 0 Å². The molecule has 1 aromatic rings. The molecule has 2 atom stereocenters. The fourth-order valence-corrected chi connectivity index (χ4v) is 2.05. The van der Waals surface area contributed by atoms with Crippen molar-refractivity contribution in [2.24, 2.45) is 5.92 Å². The molecule has 1 fully saturated rings. The van der Waals surface area contributed by atoms with Crippen molar-refractivity contribution in [3.63, 3.8) is 0 Å². The Hall–Kier alpha value is -1.31. The van der Waals surface area contributed by atoms with E-state index < -0.39 is 0 Å². The predicted molar refractivity (Wildman–Crippen MR) is 58.7 cm³/mol. The van der Waals surface area contributed by atoms with Crippen LogP contribution in [0.3, 0.4) is 0 Å². The van der Waals surface area contributed by atoms with E-state index >= 15 is 0 Å². The van der Waals surface area contributed by atoms with Gasteiger partial charge < -0.3 is 4.74 Å². The Kier molecular flexibility index (Phi) is 2.76. The minimum atomic E-state index is -0.0363. The summed E-state index contributed by atoms with van der Waals surface area (Å²) in [5.74, 6) is 0.460. The molecule has 0 aromatic heterocycles. The third-order valence-electron chi connectivity index (χ3n) is 2.97. The number of carbonyl (C=O) groups is 1. The minimum absolute atomic E-state index is 0.0363. The molecule has 0 amide bonds. The van der Waals surface area contributed by atoms with Crippen molar-refractivity contribution in [3.8, 4) is 0 Å². The van der Waals surface area contributed by atoms with Crippen LogP contribution in [0.15, 0.2) is 24.3 Å². The van der Waals surface area contributed by atoms with Crippen LogP contribution in [0.5, 0.6) is 0 Å². The van der Waals surface area contributed by atoms with Crippen LogP contribution in [-0.2, 0) is 9.53 Å². The molecular formula is C13H16O2. The van der Waals surface area contributed by atoms with Crippen molar-refractivity contribution in [2.75, 3.05) is 6.61 Å². The van der Waals surface area contributed by atoms with E-state index in [1.165, 1.54) is 11.1 Å². The fraction of sp³-hybridized carbons (Fsp3) is 0.462. The molecule has 0 radical (unpaired) electrons. The maximum atomic E-state index is 11.5. The molecule has 0 unspecified atom stereocenters. The van der Waals surface area contributed by atoms with Gasteiger partial charge in [-0.25, -0.2) is 0 Å². The van der Waals surface area contributed by atoms with Crippen LogP contribution >= 0.6 is 0 Å². The molecule has 1 saturated carbocycles. The molecule has 0 N–H and O–H groups in total. The zero-order chi connectivity index (χ0) is 10.8. The highest BCUT2D eigenvalue weighted by atomic mass is 16.5. The standard InChI is InChI=1S/C13H16O2/c1-3-15-13(14)12-8-11(12)10-7-5-4-6-9(10)2/h4-7,11-12H,3,8H2,1-2H3/t11-,12+/m0/s1. The average molecular weight is 204 g/mol. The highest BCUT2D eigenvalue weighted by Crippen LogP contribution is 2.49. The lowest BCUT2D eigenvalue weighted by Gasteiger charge is -2.04. The molecule has 80 valence electrons. The summed E-state index contributed by atoms with van der Waals surface area (Å²) in [7, 11) is 0. The number of ether oxygens (including phenoxy) is 1. The second-order valence-corrected chi connectivity index (χ2v) is 4.06. The highest BCUT2D eigenvalue weighted by molar-refractivity contribution is 5.77. The second-order valence-electron chi connectivity index (χ2n) is 4.06. The van der Waals surface area contributed by atoms with Crippen LogP contribution < -0.4 is 0 Å². The third-order valence-corrected chi connectivity index (χ3v) is 2.97. The summed E-state index contributed by atoms with van der Waals surface area (Å²) < 4.78 is 5.02. The Morgan fingerprint density at radius 1 is 1.47 bits per heavy atom. The van der Waals surface area contributed by atoms with Gasteiger partial charge in [0.2, 0.25) is 0 Å². The van der Waals surface area contributed by atoms with Crippen molar-refractivity contribution in [1.29, 1.82) is 0 Å². The van der Waals surface area contributed by atoms with Gasteiger partial charge in [-0.05, 0) is 37.3 Å². The van der Waals surface area contributed by atoms with Crippen molar-refractivity contribution in [2.45, 2.75) is 26.2 Å². The van der Waals surface area contributed by atoms with Crippen LogP contribution in [0.1, 0.15) is 30.4 Å². The summed E-state index contributed by atoms with van der Waals surface area (Å²) >= 11 is 0. The molecule has 2 nitrogen and oxygen atoms in total. The van der Waals surface area contributed by atoms with Crippen molar-refractivity contribution >= 4 is 5.97 Å². The Morgan fingerprint density at radius 3 is 2.87 bits per heavy atom. The number of hydrogen-bond acceptors (Lipinski definition) is 2. The smallest absolute Gasteiger partial charge is 0.309 e. The van der Waals surface area contributed by atoms with Crippen LogP contribution in [0.4, 0.5) is 0 Å². The minimum Gasteiger partial charge on any atom is -0.466 e. The number of benzene rings is 1. The van der Waals surface area contributed by atoms with E-state index in [4.69, 9.17) is 4.74 Å². The molecule has 0 heterocycles. The fourth-order valence-electron chi connectivity index (χ4n) is 2.05. The van der Waals surface area contributed by atoms with Gasteiger partial charge in [0.15, 0.2) is 0 Å². The Balaban J connectivity index is 2.05. The number of carbonyl (C=O) groups excluding carboxylic acids is 1. The van der Waals surface area contributed by atoms with Gasteiger partial charge in [-0.2, -0.15) is 0 Å². The Bertz CT molecular complexity index is 371. The first-order valence-electron chi connectivity index (χ1n) is 5.46. The molecule has 15 heavy (non-hydrogen) atoms. The van der Waals surface area contributed by atoms with Crippen molar-refractivity contribution in [3.05, 3.63) is 35.4 Å². The lowest BCUT2D eigenvalue weighted by atomic mass is 10.0. The van der Waals surface area contributed by atoms with E-state index in [0.29, 0.717) is 12.5 Å². The molecule has 0 aliphatic heterocycles. The third kappa shape index (κ3) is 2.04. The van der Waals surface area contributed by atoms with Gasteiger partial charge >= 0.3 is 5.97 Å². The van der Waals surface area contributed by atoms with E-state index in [9.17, 15) is 4.79 Å².